The molecule has 2 rings (SSSR count). The molecule has 1 heterocycles. The fourth-order valence-electron chi connectivity index (χ4n) is 1.99. The van der Waals surface area contributed by atoms with Crippen molar-refractivity contribution >= 4 is 17.4 Å². The lowest BCUT2D eigenvalue weighted by atomic mass is 9.95. The number of hydrogen-bond acceptors (Lipinski definition) is 3. The number of methoxy groups -OCH3 is 1. The molecule has 88 valence electrons. The molecule has 1 aliphatic rings. The van der Waals surface area contributed by atoms with Crippen LogP contribution in [0.5, 0.6) is 5.75 Å². The minimum Gasteiger partial charge on any atom is -0.495 e. The van der Waals surface area contributed by atoms with Crippen LogP contribution in [-0.2, 0) is 0 Å². The van der Waals surface area contributed by atoms with Crippen LogP contribution in [0.3, 0.4) is 0 Å². The van der Waals surface area contributed by atoms with Crippen molar-refractivity contribution in [2.45, 2.75) is 37.1 Å². The molecule has 1 aliphatic carbocycles. The summed E-state index contributed by atoms with van der Waals surface area (Å²) in [5.41, 5.74) is 0. The van der Waals surface area contributed by atoms with Crippen molar-refractivity contribution in [3.05, 3.63) is 18.3 Å². The fraction of sp³-hybridized carbons (Fsp3) is 0.583. The van der Waals surface area contributed by atoms with Crippen molar-refractivity contribution in [2.24, 2.45) is 0 Å². The van der Waals surface area contributed by atoms with Gasteiger partial charge in [-0.05, 0) is 37.8 Å². The quantitative estimate of drug-likeness (QED) is 0.825. The maximum Gasteiger partial charge on any atom is 0.137 e. The molecule has 0 aromatic carbocycles. The van der Waals surface area contributed by atoms with Gasteiger partial charge in [0, 0.05) is 11.4 Å². The second-order valence-electron chi connectivity index (χ2n) is 4.18. The molecule has 3 nitrogen and oxygen atoms in total. The lowest BCUT2D eigenvalue weighted by molar-refractivity contribution is 0.413. The van der Waals surface area contributed by atoms with Crippen LogP contribution in [0.25, 0.3) is 0 Å². The third kappa shape index (κ3) is 3.01. The molecule has 1 aromatic heterocycles. The van der Waals surface area contributed by atoms with Crippen LogP contribution < -0.4 is 10.1 Å². The number of halogens is 1. The van der Waals surface area contributed by atoms with E-state index < -0.39 is 0 Å². The van der Waals surface area contributed by atoms with Crippen LogP contribution in [0.15, 0.2) is 18.3 Å². The molecule has 0 atom stereocenters. The number of aromatic nitrogens is 1. The van der Waals surface area contributed by atoms with E-state index in [0.29, 0.717) is 11.4 Å². The number of hydrogen-bond donors (Lipinski definition) is 1. The van der Waals surface area contributed by atoms with Gasteiger partial charge < -0.3 is 10.1 Å². The van der Waals surface area contributed by atoms with Gasteiger partial charge in [0.15, 0.2) is 0 Å². The van der Waals surface area contributed by atoms with Gasteiger partial charge in [-0.3, -0.25) is 0 Å². The zero-order valence-corrected chi connectivity index (χ0v) is 10.2. The highest BCUT2D eigenvalue weighted by molar-refractivity contribution is 6.20. The van der Waals surface area contributed by atoms with Gasteiger partial charge in [0.1, 0.15) is 11.6 Å². The van der Waals surface area contributed by atoms with E-state index in [2.05, 4.69) is 10.3 Å². The maximum absolute atomic E-state index is 6.06. The summed E-state index contributed by atoms with van der Waals surface area (Å²) in [6, 6.07) is 4.38. The zero-order chi connectivity index (χ0) is 11.4. The van der Waals surface area contributed by atoms with Gasteiger partial charge >= 0.3 is 0 Å². The SMILES string of the molecule is COc1ccc(NC2CCC(Cl)CC2)nc1. The Morgan fingerprint density at radius 2 is 2.06 bits per heavy atom. The number of ether oxygens (including phenoxy) is 1. The zero-order valence-electron chi connectivity index (χ0n) is 9.45. The van der Waals surface area contributed by atoms with E-state index in [4.69, 9.17) is 16.3 Å². The first-order valence-electron chi connectivity index (χ1n) is 5.68. The van der Waals surface area contributed by atoms with Crippen LogP contribution in [0.1, 0.15) is 25.7 Å². The Hall–Kier alpha value is -0.960. The Balaban J connectivity index is 1.88. The summed E-state index contributed by atoms with van der Waals surface area (Å²) in [4.78, 5) is 4.29. The van der Waals surface area contributed by atoms with Crippen molar-refractivity contribution in [1.29, 1.82) is 0 Å². The van der Waals surface area contributed by atoms with Crippen molar-refractivity contribution in [2.75, 3.05) is 12.4 Å². The number of anilines is 1. The molecular formula is C12H17ClN2O. The Morgan fingerprint density at radius 3 is 2.62 bits per heavy atom. The Kier molecular flexibility index (Phi) is 3.88. The molecule has 0 amide bonds. The molecule has 1 N–H and O–H groups in total. The van der Waals surface area contributed by atoms with Gasteiger partial charge in [-0.25, -0.2) is 4.98 Å². The largest absolute Gasteiger partial charge is 0.495 e. The summed E-state index contributed by atoms with van der Waals surface area (Å²) in [5.74, 6) is 1.70. The summed E-state index contributed by atoms with van der Waals surface area (Å²) < 4.78 is 5.07. The molecule has 0 saturated heterocycles. The van der Waals surface area contributed by atoms with E-state index in [1.807, 2.05) is 12.1 Å². The van der Waals surface area contributed by atoms with Crippen molar-refractivity contribution < 1.29 is 4.74 Å². The molecule has 1 saturated carbocycles. The smallest absolute Gasteiger partial charge is 0.137 e. The average molecular weight is 241 g/mol. The first-order valence-corrected chi connectivity index (χ1v) is 6.12. The molecule has 16 heavy (non-hydrogen) atoms. The fourth-order valence-corrected chi connectivity index (χ4v) is 2.24. The predicted octanol–water partition coefficient (Wildman–Crippen LogP) is 3.05. The van der Waals surface area contributed by atoms with Crippen LogP contribution in [0.4, 0.5) is 5.82 Å². The first-order chi connectivity index (χ1) is 7.78. The lowest BCUT2D eigenvalue weighted by Crippen LogP contribution is -2.26. The number of alkyl halides is 1. The molecule has 0 unspecified atom stereocenters. The standard InChI is InChI=1S/C12H17ClN2O/c1-16-11-6-7-12(14-8-11)15-10-4-2-9(13)3-5-10/h6-10H,2-5H2,1H3,(H,14,15). The van der Waals surface area contributed by atoms with Crippen molar-refractivity contribution in [1.82, 2.24) is 4.98 Å². The molecule has 4 heteroatoms. The Labute approximate surface area is 101 Å². The molecule has 1 aromatic rings. The van der Waals surface area contributed by atoms with Crippen LogP contribution in [0, 0.1) is 0 Å². The molecule has 1 fully saturated rings. The second kappa shape index (κ2) is 5.39. The molecule has 0 bridgehead atoms. The van der Waals surface area contributed by atoms with Crippen LogP contribution in [0.2, 0.25) is 0 Å². The number of nitrogens with zero attached hydrogens (tertiary/aromatic N) is 1. The summed E-state index contributed by atoms with van der Waals surface area (Å²) >= 11 is 6.06. The minimum absolute atomic E-state index is 0.363. The summed E-state index contributed by atoms with van der Waals surface area (Å²) in [6.07, 6.45) is 6.17. The normalized spacial score (nSPS) is 25.1. The van der Waals surface area contributed by atoms with Gasteiger partial charge in [-0.1, -0.05) is 0 Å². The van der Waals surface area contributed by atoms with Crippen LogP contribution >= 0.6 is 11.6 Å². The topological polar surface area (TPSA) is 34.1 Å². The van der Waals surface area contributed by atoms with Crippen LogP contribution in [-0.4, -0.2) is 23.5 Å². The van der Waals surface area contributed by atoms with Gasteiger partial charge in [0.2, 0.25) is 0 Å². The summed E-state index contributed by atoms with van der Waals surface area (Å²) in [7, 11) is 1.64. The molecule has 0 spiro atoms. The van der Waals surface area contributed by atoms with Gasteiger partial charge in [-0.15, -0.1) is 11.6 Å². The third-order valence-electron chi connectivity index (χ3n) is 2.98. The highest BCUT2D eigenvalue weighted by Crippen LogP contribution is 2.25. The lowest BCUT2D eigenvalue weighted by Gasteiger charge is -2.26. The van der Waals surface area contributed by atoms with E-state index in [1.54, 1.807) is 13.3 Å². The van der Waals surface area contributed by atoms with E-state index in [1.165, 1.54) is 0 Å². The predicted molar refractivity (Wildman–Crippen MR) is 66.3 cm³/mol. The van der Waals surface area contributed by atoms with Crippen molar-refractivity contribution in [3.63, 3.8) is 0 Å². The van der Waals surface area contributed by atoms with E-state index >= 15 is 0 Å². The number of pyridine rings is 1. The first kappa shape index (κ1) is 11.5. The van der Waals surface area contributed by atoms with Gasteiger partial charge in [-0.2, -0.15) is 0 Å². The van der Waals surface area contributed by atoms with E-state index in [0.717, 1.165) is 37.3 Å². The summed E-state index contributed by atoms with van der Waals surface area (Å²) in [5, 5.41) is 3.79. The summed E-state index contributed by atoms with van der Waals surface area (Å²) in [6.45, 7) is 0. The second-order valence-corrected chi connectivity index (χ2v) is 4.79. The number of nitrogens with one attached hydrogen (secondary N) is 1. The molecular weight excluding hydrogens is 224 g/mol. The van der Waals surface area contributed by atoms with Crippen molar-refractivity contribution in [3.8, 4) is 5.75 Å². The average Bonchev–Trinajstić information content (AvgIpc) is 2.33. The highest BCUT2D eigenvalue weighted by Gasteiger charge is 2.19. The monoisotopic (exact) mass is 240 g/mol. The molecule has 0 radical (unpaired) electrons. The number of rotatable bonds is 3. The van der Waals surface area contributed by atoms with E-state index in [9.17, 15) is 0 Å². The van der Waals surface area contributed by atoms with Gasteiger partial charge in [0.05, 0.1) is 13.3 Å². The minimum atomic E-state index is 0.363. The van der Waals surface area contributed by atoms with E-state index in [-0.39, 0.29) is 0 Å². The highest BCUT2D eigenvalue weighted by atomic mass is 35.5. The Bertz CT molecular complexity index is 320. The molecule has 0 aliphatic heterocycles. The third-order valence-corrected chi connectivity index (χ3v) is 3.42. The maximum atomic E-state index is 6.06. The van der Waals surface area contributed by atoms with Gasteiger partial charge in [0.25, 0.3) is 0 Å². The Morgan fingerprint density at radius 1 is 1.31 bits per heavy atom.